The summed E-state index contributed by atoms with van der Waals surface area (Å²) in [5.41, 5.74) is 2.34. The highest BCUT2D eigenvalue weighted by molar-refractivity contribution is 5.41. The van der Waals surface area contributed by atoms with E-state index in [0.29, 0.717) is 11.8 Å². The van der Waals surface area contributed by atoms with Crippen LogP contribution in [0.5, 0.6) is 5.75 Å². The zero-order valence-corrected chi connectivity index (χ0v) is 11.9. The standard InChI is InChI=1S/C16H20O4/c1-17-14-8-12(10-3-4-10)7-13(9-14)16(18-2)15(19-20-16)11-5-6-11/h7-11,15H,3-6H2,1-2H3. The number of methoxy groups -OCH3 is 2. The highest BCUT2D eigenvalue weighted by Crippen LogP contribution is 2.53. The predicted octanol–water partition coefficient (Wildman–Crippen LogP) is 3.11. The number of ether oxygens (including phenoxy) is 2. The monoisotopic (exact) mass is 276 g/mol. The van der Waals surface area contributed by atoms with Crippen LogP contribution in [0.15, 0.2) is 18.2 Å². The van der Waals surface area contributed by atoms with E-state index in [0.717, 1.165) is 11.3 Å². The van der Waals surface area contributed by atoms with E-state index in [-0.39, 0.29) is 6.10 Å². The molecule has 2 atom stereocenters. The summed E-state index contributed by atoms with van der Waals surface area (Å²) in [6.45, 7) is 0. The first-order chi connectivity index (χ1) is 9.76. The maximum absolute atomic E-state index is 5.73. The molecule has 2 unspecified atom stereocenters. The maximum Gasteiger partial charge on any atom is 0.257 e. The summed E-state index contributed by atoms with van der Waals surface area (Å²) in [6.07, 6.45) is 4.91. The molecule has 4 heteroatoms. The van der Waals surface area contributed by atoms with Crippen molar-refractivity contribution in [3.63, 3.8) is 0 Å². The Kier molecular flexibility index (Phi) is 2.81. The van der Waals surface area contributed by atoms with E-state index in [2.05, 4.69) is 12.1 Å². The van der Waals surface area contributed by atoms with Gasteiger partial charge in [0.15, 0.2) is 6.10 Å². The second kappa shape index (κ2) is 4.45. The molecular weight excluding hydrogens is 256 g/mol. The van der Waals surface area contributed by atoms with Gasteiger partial charge in [-0.1, -0.05) is 0 Å². The zero-order chi connectivity index (χ0) is 13.7. The van der Waals surface area contributed by atoms with Crippen molar-refractivity contribution in [2.75, 3.05) is 14.2 Å². The first kappa shape index (κ1) is 12.6. The number of rotatable bonds is 5. The Hall–Kier alpha value is -1.10. The second-order valence-corrected chi connectivity index (χ2v) is 6.08. The summed E-state index contributed by atoms with van der Waals surface area (Å²) in [4.78, 5) is 10.8. The van der Waals surface area contributed by atoms with Gasteiger partial charge in [0.1, 0.15) is 5.75 Å². The van der Waals surface area contributed by atoms with Crippen molar-refractivity contribution in [2.24, 2.45) is 5.92 Å². The number of benzene rings is 1. The van der Waals surface area contributed by atoms with Crippen LogP contribution in [0.2, 0.25) is 0 Å². The normalized spacial score (nSPS) is 32.8. The van der Waals surface area contributed by atoms with Crippen molar-refractivity contribution in [3.05, 3.63) is 29.3 Å². The van der Waals surface area contributed by atoms with Gasteiger partial charge in [0.25, 0.3) is 5.79 Å². The molecule has 0 aromatic heterocycles. The van der Waals surface area contributed by atoms with Crippen LogP contribution in [-0.2, 0) is 20.3 Å². The quantitative estimate of drug-likeness (QED) is 0.774. The summed E-state index contributed by atoms with van der Waals surface area (Å²) in [5.74, 6) is 1.34. The molecule has 3 aliphatic rings. The smallest absolute Gasteiger partial charge is 0.257 e. The summed E-state index contributed by atoms with van der Waals surface area (Å²) >= 11 is 0. The fourth-order valence-electron chi connectivity index (χ4n) is 3.05. The van der Waals surface area contributed by atoms with Crippen LogP contribution in [-0.4, -0.2) is 20.3 Å². The molecule has 0 bridgehead atoms. The lowest BCUT2D eigenvalue weighted by molar-refractivity contribution is -0.583. The molecule has 20 heavy (non-hydrogen) atoms. The lowest BCUT2D eigenvalue weighted by Crippen LogP contribution is -2.56. The van der Waals surface area contributed by atoms with Crippen LogP contribution < -0.4 is 4.74 Å². The molecule has 108 valence electrons. The number of hydrogen-bond donors (Lipinski definition) is 0. The van der Waals surface area contributed by atoms with Gasteiger partial charge in [0, 0.05) is 12.7 Å². The van der Waals surface area contributed by atoms with Gasteiger partial charge in [0.2, 0.25) is 0 Å². The molecule has 1 aliphatic heterocycles. The van der Waals surface area contributed by atoms with E-state index in [4.69, 9.17) is 19.2 Å². The molecule has 0 spiro atoms. The number of hydrogen-bond acceptors (Lipinski definition) is 4. The first-order valence-corrected chi connectivity index (χ1v) is 7.36. The van der Waals surface area contributed by atoms with Crippen LogP contribution in [0.4, 0.5) is 0 Å². The first-order valence-electron chi connectivity index (χ1n) is 7.36. The van der Waals surface area contributed by atoms with Crippen molar-refractivity contribution in [3.8, 4) is 5.75 Å². The molecule has 4 nitrogen and oxygen atoms in total. The lowest BCUT2D eigenvalue weighted by Gasteiger charge is -2.46. The van der Waals surface area contributed by atoms with Gasteiger partial charge in [0.05, 0.1) is 7.11 Å². The van der Waals surface area contributed by atoms with E-state index in [9.17, 15) is 0 Å². The average Bonchev–Trinajstić information content (AvgIpc) is 3.30. The third-order valence-corrected chi connectivity index (χ3v) is 4.62. The van der Waals surface area contributed by atoms with Crippen LogP contribution in [0.1, 0.15) is 42.7 Å². The molecule has 2 saturated carbocycles. The van der Waals surface area contributed by atoms with Crippen LogP contribution >= 0.6 is 0 Å². The average molecular weight is 276 g/mol. The van der Waals surface area contributed by atoms with E-state index >= 15 is 0 Å². The molecule has 1 saturated heterocycles. The molecule has 3 fully saturated rings. The van der Waals surface area contributed by atoms with Crippen molar-refractivity contribution in [1.29, 1.82) is 0 Å². The van der Waals surface area contributed by atoms with Gasteiger partial charge in [-0.3, -0.25) is 0 Å². The Morgan fingerprint density at radius 1 is 1.10 bits per heavy atom. The Labute approximate surface area is 118 Å². The largest absolute Gasteiger partial charge is 0.497 e. The van der Waals surface area contributed by atoms with Gasteiger partial charge in [-0.05, 0) is 61.3 Å². The van der Waals surface area contributed by atoms with Crippen molar-refractivity contribution >= 4 is 0 Å². The van der Waals surface area contributed by atoms with E-state index in [1.807, 2.05) is 6.07 Å². The molecule has 1 aromatic carbocycles. The van der Waals surface area contributed by atoms with Gasteiger partial charge in [-0.2, -0.15) is 4.89 Å². The van der Waals surface area contributed by atoms with E-state index in [1.54, 1.807) is 14.2 Å². The molecule has 0 N–H and O–H groups in total. The summed E-state index contributed by atoms with van der Waals surface area (Å²) in [5, 5.41) is 0. The third-order valence-electron chi connectivity index (χ3n) is 4.62. The maximum atomic E-state index is 5.73. The van der Waals surface area contributed by atoms with Gasteiger partial charge in [-0.15, -0.1) is 0 Å². The topological polar surface area (TPSA) is 36.9 Å². The second-order valence-electron chi connectivity index (χ2n) is 6.08. The summed E-state index contributed by atoms with van der Waals surface area (Å²) in [6, 6.07) is 6.32. The van der Waals surface area contributed by atoms with Gasteiger partial charge >= 0.3 is 0 Å². The zero-order valence-electron chi connectivity index (χ0n) is 11.9. The van der Waals surface area contributed by atoms with Crippen molar-refractivity contribution < 1.29 is 19.2 Å². The van der Waals surface area contributed by atoms with Crippen LogP contribution in [0.3, 0.4) is 0 Å². The minimum absolute atomic E-state index is 0.00617. The SMILES string of the molecule is COc1cc(C2CC2)cc(C2(OC)OOC2C2CC2)c1. The minimum Gasteiger partial charge on any atom is -0.497 e. The van der Waals surface area contributed by atoms with Gasteiger partial charge in [-0.25, -0.2) is 4.89 Å². The van der Waals surface area contributed by atoms with Crippen LogP contribution in [0, 0.1) is 5.92 Å². The Bertz CT molecular complexity index is 517. The molecule has 2 aliphatic carbocycles. The Morgan fingerprint density at radius 2 is 1.90 bits per heavy atom. The van der Waals surface area contributed by atoms with Gasteiger partial charge < -0.3 is 9.47 Å². The minimum atomic E-state index is -0.751. The predicted molar refractivity (Wildman–Crippen MR) is 72.3 cm³/mol. The Balaban J connectivity index is 1.73. The van der Waals surface area contributed by atoms with E-state index < -0.39 is 5.79 Å². The van der Waals surface area contributed by atoms with Crippen LogP contribution in [0.25, 0.3) is 0 Å². The summed E-state index contributed by atoms with van der Waals surface area (Å²) < 4.78 is 11.2. The fourth-order valence-corrected chi connectivity index (χ4v) is 3.05. The lowest BCUT2D eigenvalue weighted by atomic mass is 9.92. The summed E-state index contributed by atoms with van der Waals surface area (Å²) in [7, 11) is 3.39. The molecular formula is C16H20O4. The van der Waals surface area contributed by atoms with Crippen molar-refractivity contribution in [1.82, 2.24) is 0 Å². The molecule has 1 aromatic rings. The molecule has 0 radical (unpaired) electrons. The molecule has 4 rings (SSSR count). The highest BCUT2D eigenvalue weighted by Gasteiger charge is 2.60. The highest BCUT2D eigenvalue weighted by atomic mass is 17.3. The fraction of sp³-hybridized carbons (Fsp3) is 0.625. The Morgan fingerprint density at radius 3 is 2.40 bits per heavy atom. The molecule has 0 amide bonds. The van der Waals surface area contributed by atoms with E-state index in [1.165, 1.54) is 31.2 Å². The van der Waals surface area contributed by atoms with Crippen molar-refractivity contribution in [2.45, 2.75) is 43.5 Å². The molecule has 1 heterocycles. The third kappa shape index (κ3) is 1.86.